The maximum Gasteiger partial charge on any atom is 0.220 e. The molecule has 1 heterocycles. The van der Waals surface area contributed by atoms with Crippen molar-refractivity contribution in [3.63, 3.8) is 0 Å². The van der Waals surface area contributed by atoms with E-state index in [2.05, 4.69) is 5.32 Å². The first-order chi connectivity index (χ1) is 8.47. The lowest BCUT2D eigenvalue weighted by molar-refractivity contribution is -0.124. The van der Waals surface area contributed by atoms with Gasteiger partial charge in [0.1, 0.15) is 17.1 Å². The van der Waals surface area contributed by atoms with Crippen molar-refractivity contribution < 1.29 is 14.3 Å². The summed E-state index contributed by atoms with van der Waals surface area (Å²) in [7, 11) is 0. The van der Waals surface area contributed by atoms with Crippen molar-refractivity contribution in [2.24, 2.45) is 5.92 Å². The van der Waals surface area contributed by atoms with Gasteiger partial charge in [0, 0.05) is 6.42 Å². The minimum Gasteiger partial charge on any atom is -0.463 e. The highest BCUT2D eigenvalue weighted by atomic mass is 16.4. The lowest BCUT2D eigenvalue weighted by Crippen LogP contribution is -2.39. The van der Waals surface area contributed by atoms with Crippen LogP contribution in [0.4, 0.5) is 0 Å². The SMILES string of the molecule is Cc1ccc(C(C)(O)CNC(=O)CC2CCC2)o1. The highest BCUT2D eigenvalue weighted by Crippen LogP contribution is 2.29. The summed E-state index contributed by atoms with van der Waals surface area (Å²) in [6.45, 7) is 3.66. The fourth-order valence-electron chi connectivity index (χ4n) is 2.11. The molecule has 1 amide bonds. The molecule has 2 rings (SSSR count). The van der Waals surface area contributed by atoms with Crippen LogP contribution >= 0.6 is 0 Å². The number of aliphatic hydroxyl groups is 1. The van der Waals surface area contributed by atoms with Gasteiger partial charge in [-0.05, 0) is 44.7 Å². The molecule has 1 unspecified atom stereocenters. The highest BCUT2D eigenvalue weighted by Gasteiger charge is 2.28. The summed E-state index contributed by atoms with van der Waals surface area (Å²) in [5.41, 5.74) is -1.15. The Morgan fingerprint density at radius 1 is 1.56 bits per heavy atom. The number of rotatable bonds is 5. The van der Waals surface area contributed by atoms with E-state index in [1.54, 1.807) is 19.1 Å². The second-order valence-corrected chi connectivity index (χ2v) is 5.46. The van der Waals surface area contributed by atoms with Gasteiger partial charge in [-0.1, -0.05) is 6.42 Å². The van der Waals surface area contributed by atoms with Gasteiger partial charge in [-0.25, -0.2) is 0 Å². The van der Waals surface area contributed by atoms with E-state index in [-0.39, 0.29) is 12.5 Å². The van der Waals surface area contributed by atoms with Crippen LogP contribution in [0.2, 0.25) is 0 Å². The molecule has 1 aliphatic carbocycles. The molecule has 1 aromatic heterocycles. The summed E-state index contributed by atoms with van der Waals surface area (Å²) < 4.78 is 5.39. The average Bonchev–Trinajstić information content (AvgIpc) is 2.68. The lowest BCUT2D eigenvalue weighted by atomic mass is 9.83. The van der Waals surface area contributed by atoms with E-state index in [4.69, 9.17) is 4.42 Å². The molecule has 1 saturated carbocycles. The topological polar surface area (TPSA) is 62.5 Å². The van der Waals surface area contributed by atoms with Gasteiger partial charge in [-0.3, -0.25) is 4.79 Å². The summed E-state index contributed by atoms with van der Waals surface area (Å²) in [6.07, 6.45) is 4.12. The zero-order chi connectivity index (χ0) is 13.2. The molecular weight excluding hydrogens is 230 g/mol. The van der Waals surface area contributed by atoms with E-state index in [1.807, 2.05) is 6.92 Å². The Morgan fingerprint density at radius 3 is 2.78 bits per heavy atom. The summed E-state index contributed by atoms with van der Waals surface area (Å²) >= 11 is 0. The van der Waals surface area contributed by atoms with Crippen LogP contribution in [0.3, 0.4) is 0 Å². The van der Waals surface area contributed by atoms with Gasteiger partial charge in [0.2, 0.25) is 5.91 Å². The van der Waals surface area contributed by atoms with Crippen LogP contribution < -0.4 is 5.32 Å². The molecule has 2 N–H and O–H groups in total. The molecule has 1 aliphatic rings. The van der Waals surface area contributed by atoms with Crippen molar-refractivity contribution in [2.45, 2.75) is 45.1 Å². The van der Waals surface area contributed by atoms with E-state index >= 15 is 0 Å². The second-order valence-electron chi connectivity index (χ2n) is 5.46. The first kappa shape index (κ1) is 13.1. The van der Waals surface area contributed by atoms with Crippen LogP contribution in [-0.2, 0) is 10.4 Å². The van der Waals surface area contributed by atoms with Crippen LogP contribution in [0, 0.1) is 12.8 Å². The molecule has 0 spiro atoms. The van der Waals surface area contributed by atoms with E-state index in [9.17, 15) is 9.90 Å². The maximum absolute atomic E-state index is 11.7. The van der Waals surface area contributed by atoms with Gasteiger partial charge in [0.05, 0.1) is 6.54 Å². The number of furan rings is 1. The van der Waals surface area contributed by atoms with Crippen molar-refractivity contribution in [1.29, 1.82) is 0 Å². The summed E-state index contributed by atoms with van der Waals surface area (Å²) in [4.78, 5) is 11.7. The Hall–Kier alpha value is -1.29. The standard InChI is InChI=1S/C14H21NO3/c1-10-6-7-12(18-10)14(2,17)9-15-13(16)8-11-4-3-5-11/h6-7,11,17H,3-5,8-9H2,1-2H3,(H,15,16). The maximum atomic E-state index is 11.7. The number of carbonyl (C=O) groups is 1. The van der Waals surface area contributed by atoms with Gasteiger partial charge < -0.3 is 14.8 Å². The molecule has 4 heteroatoms. The van der Waals surface area contributed by atoms with Gasteiger partial charge in [-0.15, -0.1) is 0 Å². The first-order valence-corrected chi connectivity index (χ1v) is 6.53. The molecule has 0 aromatic carbocycles. The molecule has 0 radical (unpaired) electrons. The third-order valence-corrected chi connectivity index (χ3v) is 3.60. The summed E-state index contributed by atoms with van der Waals surface area (Å²) in [6, 6.07) is 3.55. The zero-order valence-electron chi connectivity index (χ0n) is 11.0. The normalized spacial score (nSPS) is 19.1. The van der Waals surface area contributed by atoms with Gasteiger partial charge in [0.25, 0.3) is 0 Å². The fourth-order valence-corrected chi connectivity index (χ4v) is 2.11. The zero-order valence-corrected chi connectivity index (χ0v) is 11.0. The quantitative estimate of drug-likeness (QED) is 0.842. The number of aryl methyl sites for hydroxylation is 1. The molecule has 4 nitrogen and oxygen atoms in total. The molecule has 0 aliphatic heterocycles. The Morgan fingerprint density at radius 2 is 2.28 bits per heavy atom. The van der Waals surface area contributed by atoms with Crippen LogP contribution in [0.5, 0.6) is 0 Å². The monoisotopic (exact) mass is 251 g/mol. The predicted octanol–water partition coefficient (Wildman–Crippen LogP) is 2.10. The van der Waals surface area contributed by atoms with Crippen molar-refractivity contribution in [2.75, 3.05) is 6.54 Å². The van der Waals surface area contributed by atoms with Crippen molar-refractivity contribution in [1.82, 2.24) is 5.32 Å². The van der Waals surface area contributed by atoms with Crippen molar-refractivity contribution in [3.05, 3.63) is 23.7 Å². The number of carbonyl (C=O) groups excluding carboxylic acids is 1. The fraction of sp³-hybridized carbons (Fsp3) is 0.643. The molecule has 100 valence electrons. The second kappa shape index (κ2) is 5.14. The van der Waals surface area contributed by atoms with Crippen molar-refractivity contribution >= 4 is 5.91 Å². The van der Waals surface area contributed by atoms with E-state index in [0.29, 0.717) is 18.1 Å². The van der Waals surface area contributed by atoms with Crippen LogP contribution in [0.15, 0.2) is 16.5 Å². The van der Waals surface area contributed by atoms with E-state index in [0.717, 1.165) is 18.6 Å². The van der Waals surface area contributed by atoms with Crippen LogP contribution in [-0.4, -0.2) is 17.6 Å². The summed E-state index contributed by atoms with van der Waals surface area (Å²) in [5, 5.41) is 13.0. The number of hydrogen-bond acceptors (Lipinski definition) is 3. The molecule has 1 aromatic rings. The Bertz CT molecular complexity index is 418. The number of amides is 1. The largest absolute Gasteiger partial charge is 0.463 e. The Kier molecular flexibility index (Phi) is 3.76. The van der Waals surface area contributed by atoms with E-state index in [1.165, 1.54) is 6.42 Å². The van der Waals surface area contributed by atoms with Gasteiger partial charge >= 0.3 is 0 Å². The predicted molar refractivity (Wildman–Crippen MR) is 68.0 cm³/mol. The molecule has 1 atom stereocenters. The lowest BCUT2D eigenvalue weighted by Gasteiger charge is -2.26. The number of hydrogen-bond donors (Lipinski definition) is 2. The highest BCUT2D eigenvalue weighted by molar-refractivity contribution is 5.76. The molecule has 0 saturated heterocycles. The smallest absolute Gasteiger partial charge is 0.220 e. The van der Waals surface area contributed by atoms with Gasteiger partial charge in [-0.2, -0.15) is 0 Å². The molecule has 18 heavy (non-hydrogen) atoms. The Balaban J connectivity index is 1.82. The van der Waals surface area contributed by atoms with E-state index < -0.39 is 5.60 Å². The average molecular weight is 251 g/mol. The van der Waals surface area contributed by atoms with Gasteiger partial charge in [0.15, 0.2) is 0 Å². The van der Waals surface area contributed by atoms with Crippen LogP contribution in [0.1, 0.15) is 44.1 Å². The minimum absolute atomic E-state index is 0.0169. The number of nitrogens with one attached hydrogen (secondary N) is 1. The Labute approximate surface area is 107 Å². The van der Waals surface area contributed by atoms with Crippen LogP contribution in [0.25, 0.3) is 0 Å². The third-order valence-electron chi connectivity index (χ3n) is 3.60. The summed E-state index contributed by atoms with van der Waals surface area (Å²) in [5.74, 6) is 1.80. The minimum atomic E-state index is -1.15. The third kappa shape index (κ3) is 3.13. The van der Waals surface area contributed by atoms with Crippen molar-refractivity contribution in [3.8, 4) is 0 Å². The molecule has 1 fully saturated rings. The molecular formula is C14H21NO3. The molecule has 0 bridgehead atoms. The first-order valence-electron chi connectivity index (χ1n) is 6.53.